The number of aldehydes is 1. The van der Waals surface area contributed by atoms with Crippen LogP contribution in [-0.2, 0) is 0 Å². The van der Waals surface area contributed by atoms with Crippen LogP contribution in [0.5, 0.6) is 0 Å². The number of hydrogen-bond acceptors (Lipinski definition) is 2. The fourth-order valence-corrected chi connectivity index (χ4v) is 1.56. The molecule has 0 aliphatic carbocycles. The lowest BCUT2D eigenvalue weighted by atomic mass is 10.1. The summed E-state index contributed by atoms with van der Waals surface area (Å²) >= 11 is 0. The van der Waals surface area contributed by atoms with Gasteiger partial charge in [-0.25, -0.2) is 0 Å². The zero-order valence-corrected chi connectivity index (χ0v) is 8.79. The van der Waals surface area contributed by atoms with E-state index in [1.54, 1.807) is 6.20 Å². The summed E-state index contributed by atoms with van der Waals surface area (Å²) in [4.78, 5) is 13.8. The van der Waals surface area contributed by atoms with Crippen molar-refractivity contribution in [1.82, 2.24) is 4.98 Å². The molecule has 0 amide bonds. The van der Waals surface area contributed by atoms with Gasteiger partial charge in [-0.2, -0.15) is 0 Å². The first-order chi connectivity index (χ1) is 7.85. The molecule has 0 saturated heterocycles. The third-order valence-corrected chi connectivity index (χ3v) is 2.34. The summed E-state index contributed by atoms with van der Waals surface area (Å²) in [6.45, 7) is 0.576. The Labute approximate surface area is 93.6 Å². The number of carbonyl (C=O) groups is 1. The van der Waals surface area contributed by atoms with Crippen molar-refractivity contribution in [2.24, 2.45) is 5.73 Å². The number of nitrogens with one attached hydrogen (secondary N) is 1. The maximum Gasteiger partial charge on any atom is 0.152 e. The molecule has 80 valence electrons. The first-order valence-electron chi connectivity index (χ1n) is 5.10. The van der Waals surface area contributed by atoms with E-state index in [4.69, 9.17) is 5.73 Å². The van der Waals surface area contributed by atoms with Gasteiger partial charge in [0.05, 0.1) is 0 Å². The molecule has 2 rings (SSSR count). The number of aromatic nitrogens is 1. The summed E-state index contributed by atoms with van der Waals surface area (Å²) in [5.41, 5.74) is 7.90. The van der Waals surface area contributed by atoms with E-state index >= 15 is 0 Å². The summed E-state index contributed by atoms with van der Waals surface area (Å²) in [6, 6.07) is 5.75. The molecule has 0 radical (unpaired) electrons. The van der Waals surface area contributed by atoms with E-state index in [9.17, 15) is 4.79 Å². The van der Waals surface area contributed by atoms with Crippen molar-refractivity contribution in [3.8, 4) is 11.8 Å². The van der Waals surface area contributed by atoms with Crippen LogP contribution in [0, 0.1) is 11.8 Å². The minimum atomic E-state index is 0.576. The van der Waals surface area contributed by atoms with Gasteiger partial charge in [-0.05, 0) is 12.1 Å². The van der Waals surface area contributed by atoms with Gasteiger partial charge < -0.3 is 10.7 Å². The van der Waals surface area contributed by atoms with Crippen LogP contribution in [-0.4, -0.2) is 17.8 Å². The number of carbonyl (C=O) groups excluding carboxylic acids is 1. The maximum absolute atomic E-state index is 10.7. The Bertz CT molecular complexity index is 572. The Morgan fingerprint density at radius 2 is 2.31 bits per heavy atom. The van der Waals surface area contributed by atoms with Crippen molar-refractivity contribution >= 4 is 17.2 Å². The molecule has 0 aliphatic heterocycles. The second-order valence-corrected chi connectivity index (χ2v) is 3.46. The Hall–Kier alpha value is -2.05. The average Bonchev–Trinajstić information content (AvgIpc) is 2.71. The number of aromatic amines is 1. The molecule has 16 heavy (non-hydrogen) atoms. The number of fused-ring (bicyclic) bond motifs is 1. The smallest absolute Gasteiger partial charge is 0.152 e. The molecule has 0 fully saturated rings. The lowest BCUT2D eigenvalue weighted by Crippen LogP contribution is -1.95. The fraction of sp³-hybridized carbons (Fsp3) is 0.154. The molecule has 3 N–H and O–H groups in total. The van der Waals surface area contributed by atoms with Crippen LogP contribution >= 0.6 is 0 Å². The highest BCUT2D eigenvalue weighted by atomic mass is 16.1. The van der Waals surface area contributed by atoms with Crippen LogP contribution in [0.4, 0.5) is 0 Å². The number of benzene rings is 1. The third-order valence-electron chi connectivity index (χ3n) is 2.34. The molecule has 3 nitrogen and oxygen atoms in total. The maximum atomic E-state index is 10.7. The second-order valence-electron chi connectivity index (χ2n) is 3.46. The van der Waals surface area contributed by atoms with E-state index in [-0.39, 0.29) is 0 Å². The van der Waals surface area contributed by atoms with Gasteiger partial charge in [0.1, 0.15) is 0 Å². The minimum absolute atomic E-state index is 0.576. The predicted octanol–water partition coefficient (Wildman–Crippen LogP) is 1.68. The van der Waals surface area contributed by atoms with E-state index in [0.717, 1.165) is 22.8 Å². The van der Waals surface area contributed by atoms with Gasteiger partial charge in [-0.3, -0.25) is 4.79 Å². The molecule has 3 heteroatoms. The van der Waals surface area contributed by atoms with E-state index in [1.165, 1.54) is 0 Å². The highest BCUT2D eigenvalue weighted by molar-refractivity contribution is 5.97. The zero-order valence-electron chi connectivity index (χ0n) is 8.79. The van der Waals surface area contributed by atoms with Gasteiger partial charge in [0.15, 0.2) is 6.29 Å². The van der Waals surface area contributed by atoms with Crippen LogP contribution in [0.2, 0.25) is 0 Å². The summed E-state index contributed by atoms with van der Waals surface area (Å²) in [7, 11) is 0. The van der Waals surface area contributed by atoms with Gasteiger partial charge in [0, 0.05) is 41.2 Å². The lowest BCUT2D eigenvalue weighted by Gasteiger charge is -1.92. The van der Waals surface area contributed by atoms with Gasteiger partial charge in [-0.15, -0.1) is 0 Å². The monoisotopic (exact) mass is 212 g/mol. The van der Waals surface area contributed by atoms with Crippen molar-refractivity contribution in [2.75, 3.05) is 6.54 Å². The molecule has 0 unspecified atom stereocenters. The molecular formula is C13H12N2O. The Balaban J connectivity index is 2.39. The van der Waals surface area contributed by atoms with Crippen molar-refractivity contribution < 1.29 is 4.79 Å². The molecule has 0 saturated carbocycles. The molecule has 0 spiro atoms. The van der Waals surface area contributed by atoms with E-state index in [0.29, 0.717) is 18.5 Å². The first kappa shape index (κ1) is 10.5. The van der Waals surface area contributed by atoms with Crippen LogP contribution < -0.4 is 5.73 Å². The number of nitrogens with two attached hydrogens (primary N) is 1. The van der Waals surface area contributed by atoms with E-state index in [2.05, 4.69) is 16.8 Å². The van der Waals surface area contributed by atoms with Crippen molar-refractivity contribution in [2.45, 2.75) is 6.42 Å². The Kier molecular flexibility index (Phi) is 3.04. The molecule has 1 heterocycles. The van der Waals surface area contributed by atoms with Gasteiger partial charge in [0.2, 0.25) is 0 Å². The first-order valence-corrected chi connectivity index (χ1v) is 5.10. The summed E-state index contributed by atoms with van der Waals surface area (Å²) in [5.74, 6) is 6.01. The SMILES string of the molecule is NCCC#Cc1ccc2c(C=O)c[nH]c2c1. The summed E-state index contributed by atoms with van der Waals surface area (Å²) in [6.07, 6.45) is 3.25. The van der Waals surface area contributed by atoms with Crippen molar-refractivity contribution in [1.29, 1.82) is 0 Å². The van der Waals surface area contributed by atoms with Gasteiger partial charge >= 0.3 is 0 Å². The Morgan fingerprint density at radius 3 is 3.06 bits per heavy atom. The molecule has 0 aliphatic rings. The predicted molar refractivity (Wildman–Crippen MR) is 64.2 cm³/mol. The van der Waals surface area contributed by atoms with E-state index in [1.807, 2.05) is 18.2 Å². The highest BCUT2D eigenvalue weighted by Crippen LogP contribution is 2.17. The molecular weight excluding hydrogens is 200 g/mol. The lowest BCUT2D eigenvalue weighted by molar-refractivity contribution is 0.112. The fourth-order valence-electron chi connectivity index (χ4n) is 1.56. The topological polar surface area (TPSA) is 58.9 Å². The average molecular weight is 212 g/mol. The normalized spacial score (nSPS) is 9.81. The highest BCUT2D eigenvalue weighted by Gasteiger charge is 2.01. The van der Waals surface area contributed by atoms with Crippen LogP contribution in [0.25, 0.3) is 10.9 Å². The molecule has 0 bridgehead atoms. The quantitative estimate of drug-likeness (QED) is 0.587. The van der Waals surface area contributed by atoms with Crippen molar-refractivity contribution in [3.05, 3.63) is 35.5 Å². The number of rotatable bonds is 2. The summed E-state index contributed by atoms with van der Waals surface area (Å²) < 4.78 is 0. The molecule has 0 atom stereocenters. The number of hydrogen-bond donors (Lipinski definition) is 2. The standard InChI is InChI=1S/C13H12N2O/c14-6-2-1-3-10-4-5-12-11(9-16)8-15-13(12)7-10/h4-5,7-9,15H,2,6,14H2. The summed E-state index contributed by atoms with van der Waals surface area (Å²) in [5, 5.41) is 0.930. The third kappa shape index (κ3) is 1.97. The second kappa shape index (κ2) is 4.65. The number of H-pyrrole nitrogens is 1. The Morgan fingerprint density at radius 1 is 1.44 bits per heavy atom. The van der Waals surface area contributed by atoms with E-state index < -0.39 is 0 Å². The van der Waals surface area contributed by atoms with Gasteiger partial charge in [0.25, 0.3) is 0 Å². The zero-order chi connectivity index (χ0) is 11.4. The van der Waals surface area contributed by atoms with Crippen LogP contribution in [0.15, 0.2) is 24.4 Å². The van der Waals surface area contributed by atoms with Crippen LogP contribution in [0.3, 0.4) is 0 Å². The minimum Gasteiger partial charge on any atom is -0.360 e. The van der Waals surface area contributed by atoms with Crippen LogP contribution in [0.1, 0.15) is 22.3 Å². The largest absolute Gasteiger partial charge is 0.360 e. The van der Waals surface area contributed by atoms with Crippen molar-refractivity contribution in [3.63, 3.8) is 0 Å². The molecule has 2 aromatic rings. The van der Waals surface area contributed by atoms with Gasteiger partial charge in [-0.1, -0.05) is 17.9 Å². The molecule has 1 aromatic heterocycles. The molecule has 1 aromatic carbocycles.